The maximum Gasteiger partial charge on any atom is 0.306 e. The summed E-state index contributed by atoms with van der Waals surface area (Å²) in [5.41, 5.74) is -1.79. The molecule has 1 heterocycles. The first kappa shape index (κ1) is 23.9. The molecule has 32 heavy (non-hydrogen) atoms. The van der Waals surface area contributed by atoms with E-state index >= 15 is 0 Å². The Morgan fingerprint density at radius 3 is 2.41 bits per heavy atom. The minimum Gasteiger partial charge on any atom is -0.507 e. The molecule has 1 aliphatic heterocycles. The molecule has 0 saturated heterocycles. The van der Waals surface area contributed by atoms with E-state index < -0.39 is 34.9 Å². The Hall–Kier alpha value is -2.74. The quantitative estimate of drug-likeness (QED) is 0.628. The van der Waals surface area contributed by atoms with Crippen LogP contribution in [-0.4, -0.2) is 49.6 Å². The van der Waals surface area contributed by atoms with Crippen molar-refractivity contribution in [2.75, 3.05) is 21.3 Å². The smallest absolute Gasteiger partial charge is 0.306 e. The maximum absolute atomic E-state index is 13.7. The summed E-state index contributed by atoms with van der Waals surface area (Å²) in [4.78, 5) is 38.8. The van der Waals surface area contributed by atoms with Gasteiger partial charge in [-0.15, -0.1) is 0 Å². The number of hydrogen-bond acceptors (Lipinski definition) is 8. The average molecular weight is 467 g/mol. The number of methoxy groups -OCH3 is 3. The van der Waals surface area contributed by atoms with Gasteiger partial charge in [0.05, 0.1) is 27.8 Å². The molecule has 1 spiro atoms. The Bertz CT molecular complexity index is 1010. The van der Waals surface area contributed by atoms with Crippen molar-refractivity contribution in [2.24, 2.45) is 17.8 Å². The molecule has 1 aromatic rings. The first-order valence-electron chi connectivity index (χ1n) is 10.3. The highest BCUT2D eigenvalue weighted by atomic mass is 35.5. The van der Waals surface area contributed by atoms with Crippen molar-refractivity contribution in [1.29, 1.82) is 0 Å². The van der Waals surface area contributed by atoms with Gasteiger partial charge in [0.15, 0.2) is 17.3 Å². The Kier molecular flexibility index (Phi) is 6.47. The van der Waals surface area contributed by atoms with Gasteiger partial charge >= 0.3 is 5.97 Å². The van der Waals surface area contributed by atoms with E-state index in [4.69, 9.17) is 30.5 Å². The number of aliphatic hydroxyl groups is 1. The van der Waals surface area contributed by atoms with Gasteiger partial charge in [-0.2, -0.15) is 0 Å². The van der Waals surface area contributed by atoms with E-state index in [1.54, 1.807) is 6.92 Å². The lowest BCUT2D eigenvalue weighted by atomic mass is 9.68. The van der Waals surface area contributed by atoms with Gasteiger partial charge in [0.25, 0.3) is 0 Å². The molecule has 174 valence electrons. The van der Waals surface area contributed by atoms with Gasteiger partial charge in [0, 0.05) is 29.9 Å². The molecule has 0 unspecified atom stereocenters. The second kappa shape index (κ2) is 8.65. The number of hydrogen-bond donors (Lipinski definition) is 1. The monoisotopic (exact) mass is 466 g/mol. The van der Waals surface area contributed by atoms with Gasteiger partial charge in [-0.25, -0.2) is 0 Å². The average Bonchev–Trinajstić information content (AvgIpc) is 3.07. The fourth-order valence-corrected chi connectivity index (χ4v) is 4.76. The highest BCUT2D eigenvalue weighted by molar-refractivity contribution is 6.35. The first-order chi connectivity index (χ1) is 15.0. The SMILES string of the molecule is COC(=O)C[C@H](C1=C(O)[C@@]2(Oc3c(Cl)c(OC)cc(OC)c3C2=O)[C@H](C)CC1=O)C(C)C. The predicted molar refractivity (Wildman–Crippen MR) is 116 cm³/mol. The molecule has 1 N–H and O–H groups in total. The van der Waals surface area contributed by atoms with Crippen molar-refractivity contribution in [3.63, 3.8) is 0 Å². The molecule has 0 bridgehead atoms. The zero-order chi connectivity index (χ0) is 24.0. The summed E-state index contributed by atoms with van der Waals surface area (Å²) in [7, 11) is 4.06. The topological polar surface area (TPSA) is 108 Å². The number of fused-ring (bicyclic) bond motifs is 1. The van der Waals surface area contributed by atoms with Crippen LogP contribution in [0.1, 0.15) is 44.0 Å². The van der Waals surface area contributed by atoms with Crippen LogP contribution < -0.4 is 14.2 Å². The fraction of sp³-hybridized carbons (Fsp3) is 0.522. The largest absolute Gasteiger partial charge is 0.507 e. The first-order valence-corrected chi connectivity index (χ1v) is 10.6. The van der Waals surface area contributed by atoms with Crippen molar-refractivity contribution in [3.05, 3.63) is 28.0 Å². The summed E-state index contributed by atoms with van der Waals surface area (Å²) in [5.74, 6) is -3.05. The number of aliphatic hydroxyl groups excluding tert-OH is 1. The van der Waals surface area contributed by atoms with Crippen molar-refractivity contribution in [2.45, 2.75) is 39.2 Å². The number of Topliss-reactive ketones (excluding diaryl/α,β-unsaturated/α-hetero) is 2. The van der Waals surface area contributed by atoms with Crippen LogP contribution in [0, 0.1) is 17.8 Å². The molecule has 0 amide bonds. The van der Waals surface area contributed by atoms with Gasteiger partial charge in [-0.05, 0) is 5.92 Å². The van der Waals surface area contributed by atoms with Crippen LogP contribution in [-0.2, 0) is 14.3 Å². The molecule has 8 nitrogen and oxygen atoms in total. The molecule has 0 fully saturated rings. The van der Waals surface area contributed by atoms with Gasteiger partial charge in [0.1, 0.15) is 22.1 Å². The van der Waals surface area contributed by atoms with E-state index in [0.717, 1.165) is 0 Å². The number of halogens is 1. The molecule has 1 aromatic carbocycles. The minimum atomic E-state index is -1.86. The Morgan fingerprint density at radius 1 is 1.25 bits per heavy atom. The third-order valence-corrected chi connectivity index (χ3v) is 6.66. The molecule has 2 aliphatic rings. The van der Waals surface area contributed by atoms with Crippen LogP contribution in [0.4, 0.5) is 0 Å². The lowest BCUT2D eigenvalue weighted by Crippen LogP contribution is -2.53. The molecular weight excluding hydrogens is 440 g/mol. The van der Waals surface area contributed by atoms with Crippen LogP contribution in [0.2, 0.25) is 5.02 Å². The normalized spacial score (nSPS) is 23.3. The van der Waals surface area contributed by atoms with Crippen molar-refractivity contribution in [3.8, 4) is 17.2 Å². The summed E-state index contributed by atoms with van der Waals surface area (Å²) >= 11 is 6.43. The molecule has 3 atom stereocenters. The summed E-state index contributed by atoms with van der Waals surface area (Å²) in [6.45, 7) is 5.29. The molecule has 1 aliphatic carbocycles. The Morgan fingerprint density at radius 2 is 1.88 bits per heavy atom. The summed E-state index contributed by atoms with van der Waals surface area (Å²) in [5, 5.41) is 11.5. The number of rotatable bonds is 6. The number of allylic oxidation sites excluding steroid dienone is 1. The van der Waals surface area contributed by atoms with Crippen molar-refractivity contribution < 1.29 is 38.4 Å². The van der Waals surface area contributed by atoms with Gasteiger partial charge < -0.3 is 24.1 Å². The Labute approximate surface area is 191 Å². The number of esters is 1. The zero-order valence-electron chi connectivity index (χ0n) is 18.9. The van der Waals surface area contributed by atoms with Crippen molar-refractivity contribution in [1.82, 2.24) is 0 Å². The molecule has 0 saturated carbocycles. The molecule has 3 rings (SSSR count). The number of ketones is 2. The van der Waals surface area contributed by atoms with E-state index in [-0.39, 0.29) is 58.0 Å². The van der Waals surface area contributed by atoms with E-state index in [1.165, 1.54) is 27.4 Å². The van der Waals surface area contributed by atoms with E-state index in [9.17, 15) is 19.5 Å². The third-order valence-electron chi connectivity index (χ3n) is 6.30. The van der Waals surface area contributed by atoms with Crippen LogP contribution in [0.25, 0.3) is 0 Å². The number of benzene rings is 1. The third kappa shape index (κ3) is 3.41. The minimum absolute atomic E-state index is 0.00621. The van der Waals surface area contributed by atoms with E-state index in [2.05, 4.69) is 0 Å². The predicted octanol–water partition coefficient (Wildman–Crippen LogP) is 3.93. The number of carbonyl (C=O) groups excluding carboxylic acids is 3. The van der Waals surface area contributed by atoms with Gasteiger partial charge in [-0.3, -0.25) is 14.4 Å². The maximum atomic E-state index is 13.7. The zero-order valence-corrected chi connectivity index (χ0v) is 19.7. The molecule has 9 heteroatoms. The molecular formula is C23H27ClO8. The molecule has 0 aromatic heterocycles. The van der Waals surface area contributed by atoms with E-state index in [0.29, 0.717) is 0 Å². The van der Waals surface area contributed by atoms with Crippen LogP contribution in [0.5, 0.6) is 17.2 Å². The van der Waals surface area contributed by atoms with Crippen LogP contribution >= 0.6 is 11.6 Å². The van der Waals surface area contributed by atoms with Gasteiger partial charge in [-0.1, -0.05) is 32.4 Å². The highest BCUT2D eigenvalue weighted by Gasteiger charge is 2.61. The number of carbonyl (C=O) groups is 3. The summed E-state index contributed by atoms with van der Waals surface area (Å²) in [6.07, 6.45) is -0.177. The second-order valence-electron chi connectivity index (χ2n) is 8.39. The van der Waals surface area contributed by atoms with Gasteiger partial charge in [0.2, 0.25) is 11.4 Å². The van der Waals surface area contributed by atoms with Crippen LogP contribution in [0.3, 0.4) is 0 Å². The fourth-order valence-electron chi connectivity index (χ4n) is 4.50. The van der Waals surface area contributed by atoms with Crippen molar-refractivity contribution >= 4 is 29.1 Å². The van der Waals surface area contributed by atoms with E-state index in [1.807, 2.05) is 13.8 Å². The summed E-state index contributed by atoms with van der Waals surface area (Å²) in [6, 6.07) is 1.47. The molecule has 0 radical (unpaired) electrons. The standard InChI is InChI=1S/C23H27ClO8/c1-10(2)12(8-16(26)31-6)17-13(25)7-11(3)23(21(17)27)22(28)18-14(29-4)9-15(30-5)19(24)20(18)32-23/h9-12,27H,7-8H2,1-6H3/t11-,12+,23+/m1/s1. The lowest BCUT2D eigenvalue weighted by Gasteiger charge is -2.39. The lowest BCUT2D eigenvalue weighted by molar-refractivity contribution is -0.141. The summed E-state index contributed by atoms with van der Waals surface area (Å²) < 4.78 is 21.5. The highest BCUT2D eigenvalue weighted by Crippen LogP contribution is 2.55. The van der Waals surface area contributed by atoms with Crippen LogP contribution in [0.15, 0.2) is 17.4 Å². The second-order valence-corrected chi connectivity index (χ2v) is 8.77. The number of ether oxygens (including phenoxy) is 4. The Balaban J connectivity index is 2.25.